The molecule has 1 aliphatic rings. The number of carbonyl (C=O) groups excluding carboxylic acids is 1. The van der Waals surface area contributed by atoms with Gasteiger partial charge in [0, 0.05) is 23.5 Å². The molecule has 2 rings (SSSR count). The van der Waals surface area contributed by atoms with Crippen LogP contribution in [0.2, 0.25) is 0 Å². The number of hydrogen-bond acceptors (Lipinski definition) is 2. The monoisotopic (exact) mass is 311 g/mol. The molecular formula is C14H18BrNO2. The number of hydrogen-bond donors (Lipinski definition) is 0. The maximum Gasteiger partial charge on any atom is 0.227 e. The van der Waals surface area contributed by atoms with Crippen molar-refractivity contribution in [3.8, 4) is 5.75 Å². The Balaban J connectivity index is 2.07. The van der Waals surface area contributed by atoms with Crippen LogP contribution in [-0.4, -0.2) is 35.8 Å². The van der Waals surface area contributed by atoms with Crippen molar-refractivity contribution in [3.63, 3.8) is 0 Å². The Hall–Kier alpha value is -1.03. The molecule has 0 saturated carbocycles. The second-order valence-corrected chi connectivity index (χ2v) is 5.17. The van der Waals surface area contributed by atoms with Crippen molar-refractivity contribution in [3.05, 3.63) is 29.8 Å². The lowest BCUT2D eigenvalue weighted by Crippen LogP contribution is -2.37. The number of rotatable bonds is 4. The van der Waals surface area contributed by atoms with Crippen molar-refractivity contribution in [2.75, 3.05) is 19.0 Å². The Morgan fingerprint density at radius 3 is 3.00 bits per heavy atom. The lowest BCUT2D eigenvalue weighted by molar-refractivity contribution is -0.130. The number of halogens is 1. The molecule has 1 aromatic rings. The molecule has 0 aromatic heterocycles. The van der Waals surface area contributed by atoms with E-state index in [2.05, 4.69) is 15.9 Å². The van der Waals surface area contributed by atoms with E-state index in [4.69, 9.17) is 4.74 Å². The second kappa shape index (κ2) is 6.23. The number of para-hydroxylation sites is 1. The van der Waals surface area contributed by atoms with E-state index in [0.29, 0.717) is 12.5 Å². The normalized spacial score (nSPS) is 19.0. The quantitative estimate of drug-likeness (QED) is 0.800. The molecule has 0 radical (unpaired) electrons. The fourth-order valence-corrected chi connectivity index (χ4v) is 3.11. The largest absolute Gasteiger partial charge is 0.496 e. The molecule has 18 heavy (non-hydrogen) atoms. The van der Waals surface area contributed by atoms with Crippen molar-refractivity contribution in [2.24, 2.45) is 0 Å². The first kappa shape index (κ1) is 13.4. The third-order valence-electron chi connectivity index (χ3n) is 3.41. The van der Waals surface area contributed by atoms with Crippen LogP contribution in [0.3, 0.4) is 0 Å². The van der Waals surface area contributed by atoms with E-state index in [1.165, 1.54) is 0 Å². The van der Waals surface area contributed by atoms with Crippen LogP contribution < -0.4 is 4.74 Å². The number of amides is 1. The van der Waals surface area contributed by atoms with E-state index in [1.807, 2.05) is 29.2 Å². The van der Waals surface area contributed by atoms with Crippen LogP contribution in [0.5, 0.6) is 5.75 Å². The number of benzene rings is 1. The van der Waals surface area contributed by atoms with Crippen LogP contribution >= 0.6 is 15.9 Å². The van der Waals surface area contributed by atoms with Gasteiger partial charge in [-0.15, -0.1) is 0 Å². The lowest BCUT2D eigenvalue weighted by atomic mass is 10.1. The minimum atomic E-state index is 0.196. The highest BCUT2D eigenvalue weighted by Crippen LogP contribution is 2.23. The molecule has 1 saturated heterocycles. The SMILES string of the molecule is COc1ccccc1CC(=O)N1CCCC1CBr. The summed E-state index contributed by atoms with van der Waals surface area (Å²) in [5, 5.41) is 0.866. The molecule has 3 nitrogen and oxygen atoms in total. The molecule has 1 aromatic carbocycles. The van der Waals surface area contributed by atoms with Gasteiger partial charge < -0.3 is 9.64 Å². The summed E-state index contributed by atoms with van der Waals surface area (Å²) in [6, 6.07) is 8.07. The molecule has 1 heterocycles. The van der Waals surface area contributed by atoms with Gasteiger partial charge in [-0.2, -0.15) is 0 Å². The van der Waals surface area contributed by atoms with Crippen molar-refractivity contribution < 1.29 is 9.53 Å². The maximum absolute atomic E-state index is 12.3. The standard InChI is InChI=1S/C14H18BrNO2/c1-18-13-7-3-2-5-11(13)9-14(17)16-8-4-6-12(16)10-15/h2-3,5,7,12H,4,6,8-10H2,1H3. The van der Waals surface area contributed by atoms with Crippen molar-refractivity contribution in [2.45, 2.75) is 25.3 Å². The highest BCUT2D eigenvalue weighted by Gasteiger charge is 2.27. The highest BCUT2D eigenvalue weighted by atomic mass is 79.9. The van der Waals surface area contributed by atoms with Gasteiger partial charge in [0.15, 0.2) is 0 Å². The minimum absolute atomic E-state index is 0.196. The molecule has 0 aliphatic carbocycles. The van der Waals surface area contributed by atoms with Gasteiger partial charge in [-0.05, 0) is 18.9 Å². The molecule has 1 fully saturated rings. The van der Waals surface area contributed by atoms with E-state index in [9.17, 15) is 4.79 Å². The van der Waals surface area contributed by atoms with Crippen molar-refractivity contribution in [1.82, 2.24) is 4.90 Å². The first-order valence-electron chi connectivity index (χ1n) is 6.23. The molecule has 1 atom stereocenters. The topological polar surface area (TPSA) is 29.5 Å². The smallest absolute Gasteiger partial charge is 0.227 e. The van der Waals surface area contributed by atoms with Crippen LogP contribution in [0.1, 0.15) is 18.4 Å². The molecule has 1 amide bonds. The van der Waals surface area contributed by atoms with Crippen molar-refractivity contribution >= 4 is 21.8 Å². The number of ether oxygens (including phenoxy) is 1. The first-order valence-corrected chi connectivity index (χ1v) is 7.35. The predicted molar refractivity (Wildman–Crippen MR) is 75.2 cm³/mol. The molecule has 0 spiro atoms. The zero-order valence-electron chi connectivity index (χ0n) is 10.6. The number of methoxy groups -OCH3 is 1. The summed E-state index contributed by atoms with van der Waals surface area (Å²) in [4.78, 5) is 14.3. The van der Waals surface area contributed by atoms with E-state index in [0.717, 1.165) is 36.0 Å². The van der Waals surface area contributed by atoms with E-state index in [-0.39, 0.29) is 5.91 Å². The number of likely N-dealkylation sites (tertiary alicyclic amines) is 1. The van der Waals surface area contributed by atoms with Crippen LogP contribution in [0.25, 0.3) is 0 Å². The fraction of sp³-hybridized carbons (Fsp3) is 0.500. The Bertz CT molecular complexity index is 422. The van der Waals surface area contributed by atoms with Gasteiger partial charge in [0.25, 0.3) is 0 Å². The zero-order chi connectivity index (χ0) is 13.0. The maximum atomic E-state index is 12.3. The molecule has 0 bridgehead atoms. The van der Waals surface area contributed by atoms with Crippen LogP contribution in [-0.2, 0) is 11.2 Å². The van der Waals surface area contributed by atoms with E-state index >= 15 is 0 Å². The molecular weight excluding hydrogens is 294 g/mol. The fourth-order valence-electron chi connectivity index (χ4n) is 2.44. The lowest BCUT2D eigenvalue weighted by Gasteiger charge is -2.23. The van der Waals surface area contributed by atoms with Crippen LogP contribution in [0.15, 0.2) is 24.3 Å². The summed E-state index contributed by atoms with van der Waals surface area (Å²) < 4.78 is 5.28. The van der Waals surface area contributed by atoms with Gasteiger partial charge in [-0.1, -0.05) is 34.1 Å². The van der Waals surface area contributed by atoms with Gasteiger partial charge in [0.1, 0.15) is 5.75 Å². The summed E-state index contributed by atoms with van der Waals surface area (Å²) in [7, 11) is 1.64. The average molecular weight is 312 g/mol. The summed E-state index contributed by atoms with van der Waals surface area (Å²) in [5.74, 6) is 0.988. The number of nitrogens with zero attached hydrogens (tertiary/aromatic N) is 1. The Morgan fingerprint density at radius 1 is 1.50 bits per heavy atom. The second-order valence-electron chi connectivity index (χ2n) is 4.53. The molecule has 4 heteroatoms. The minimum Gasteiger partial charge on any atom is -0.496 e. The summed E-state index contributed by atoms with van der Waals surface area (Å²) in [5.41, 5.74) is 0.963. The average Bonchev–Trinajstić information content (AvgIpc) is 2.87. The van der Waals surface area contributed by atoms with Crippen molar-refractivity contribution in [1.29, 1.82) is 0 Å². The van der Waals surface area contributed by atoms with Gasteiger partial charge in [0.05, 0.1) is 13.5 Å². The Labute approximate surface area is 116 Å². The van der Waals surface area contributed by atoms with Gasteiger partial charge >= 0.3 is 0 Å². The molecule has 0 N–H and O–H groups in total. The number of alkyl halides is 1. The first-order chi connectivity index (χ1) is 8.76. The van der Waals surface area contributed by atoms with Gasteiger partial charge in [0.2, 0.25) is 5.91 Å². The molecule has 1 unspecified atom stereocenters. The highest BCUT2D eigenvalue weighted by molar-refractivity contribution is 9.09. The zero-order valence-corrected chi connectivity index (χ0v) is 12.1. The van der Waals surface area contributed by atoms with Crippen LogP contribution in [0.4, 0.5) is 0 Å². The summed E-state index contributed by atoms with van der Waals surface area (Å²) >= 11 is 3.48. The Morgan fingerprint density at radius 2 is 2.28 bits per heavy atom. The van der Waals surface area contributed by atoms with E-state index in [1.54, 1.807) is 7.11 Å². The van der Waals surface area contributed by atoms with E-state index < -0.39 is 0 Å². The third kappa shape index (κ3) is 2.86. The predicted octanol–water partition coefficient (Wildman–Crippen LogP) is 2.62. The van der Waals surface area contributed by atoms with Crippen LogP contribution in [0, 0.1) is 0 Å². The molecule has 1 aliphatic heterocycles. The van der Waals surface area contributed by atoms with Gasteiger partial charge in [-0.25, -0.2) is 0 Å². The number of carbonyl (C=O) groups is 1. The summed E-state index contributed by atoms with van der Waals surface area (Å²) in [6.45, 7) is 0.879. The third-order valence-corrected chi connectivity index (χ3v) is 4.16. The van der Waals surface area contributed by atoms with Gasteiger partial charge in [-0.3, -0.25) is 4.79 Å². The summed E-state index contributed by atoms with van der Waals surface area (Å²) in [6.07, 6.45) is 2.63. The molecule has 98 valence electrons. The Kier molecular flexibility index (Phi) is 4.64.